The van der Waals surface area contributed by atoms with Crippen LogP contribution >= 0.6 is 0 Å². The van der Waals surface area contributed by atoms with Crippen LogP contribution in [-0.2, 0) is 60.0 Å². The Labute approximate surface area is 756 Å². The number of hydrogen-bond acceptors (Lipinski definition) is 24. The van der Waals surface area contributed by atoms with Gasteiger partial charge in [0.15, 0.2) is 0 Å². The Morgan fingerprint density at radius 2 is 0.649 bits per heavy atom. The molecule has 0 radical (unpaired) electrons. The minimum absolute atomic E-state index is 0. The van der Waals surface area contributed by atoms with Gasteiger partial charge in [-0.3, -0.25) is 0 Å². The number of fused-ring (bicyclic) bond motifs is 3. The second kappa shape index (κ2) is 56.2. The van der Waals surface area contributed by atoms with Crippen LogP contribution in [-0.4, -0.2) is 101 Å². The molecule has 1 unspecified atom stereocenters. The highest BCUT2D eigenvalue weighted by Gasteiger charge is 2.49. The lowest BCUT2D eigenvalue weighted by Gasteiger charge is -2.21. The topological polar surface area (TPSA) is 299 Å². The van der Waals surface area contributed by atoms with Crippen molar-refractivity contribution < 1.29 is 145 Å². The van der Waals surface area contributed by atoms with Crippen molar-refractivity contribution in [1.82, 2.24) is 0 Å². The largest absolute Gasteiger partial charge is 0.493 e. The molecule has 0 N–H and O–H groups in total. The number of benzene rings is 9. The first kappa shape index (κ1) is 112. The fraction of sp³-hybridized carbons (Fsp3) is 0.263. The number of nitriles is 1. The molecule has 0 aliphatic heterocycles. The first-order valence-electron chi connectivity index (χ1n) is 38.0. The quantitative estimate of drug-likeness (QED) is 0.00654. The monoisotopic (exact) mass is 1830 g/mol. The number of unbranched alkanes of at least 4 members (excludes halogenated alkanes) is 6. The first-order chi connectivity index (χ1) is 60.0. The van der Waals surface area contributed by atoms with Crippen LogP contribution in [0, 0.1) is 23.0 Å². The van der Waals surface area contributed by atoms with Crippen molar-refractivity contribution in [1.29, 1.82) is 5.26 Å². The normalized spacial score (nSPS) is 10.9. The van der Waals surface area contributed by atoms with E-state index in [1.807, 2.05) is 54.6 Å². The fourth-order valence-corrected chi connectivity index (χ4v) is 11.5. The summed E-state index contributed by atoms with van der Waals surface area (Å²) in [6.45, 7) is 18.5. The summed E-state index contributed by atoms with van der Waals surface area (Å²) < 4.78 is 192. The van der Waals surface area contributed by atoms with Gasteiger partial charge in [0, 0.05) is 48.4 Å². The summed E-state index contributed by atoms with van der Waals surface area (Å²) in [7, 11) is 0. The van der Waals surface area contributed by atoms with Crippen LogP contribution in [0.1, 0.15) is 168 Å². The zero-order valence-corrected chi connectivity index (χ0v) is 67.0. The molecule has 0 heterocycles. The highest BCUT2D eigenvalue weighted by molar-refractivity contribution is 5.94. The molecule has 0 saturated carbocycles. The predicted octanol–water partition coefficient (Wildman–Crippen LogP) is 23.5. The van der Waals surface area contributed by atoms with Crippen molar-refractivity contribution in [2.24, 2.45) is 0 Å². The van der Waals surface area contributed by atoms with Crippen LogP contribution < -0.4 is 47.4 Å². The van der Waals surface area contributed by atoms with Crippen molar-refractivity contribution in [2.75, 3.05) is 53.6 Å². The molecule has 700 valence electrons. The smallest absolute Gasteiger partial charge is 0.420 e. The van der Waals surface area contributed by atoms with E-state index in [1.165, 1.54) is 0 Å². The van der Waals surface area contributed by atoms with Gasteiger partial charge in [-0.1, -0.05) is 121 Å². The van der Waals surface area contributed by atoms with E-state index in [0.29, 0.717) is 97.0 Å². The molecule has 0 saturated heterocycles. The summed E-state index contributed by atoms with van der Waals surface area (Å²) in [5.74, 6) is -9.77. The number of esters is 8. The Hall–Kier alpha value is -15.0. The number of alkyl halides is 6. The van der Waals surface area contributed by atoms with Gasteiger partial charge in [-0.05, 0) is 218 Å². The number of nitrogens with zero attached hydrogens (tertiary/aromatic N) is 1. The Balaban J connectivity index is 0.000000708. The van der Waals surface area contributed by atoms with Crippen LogP contribution in [0.4, 0.5) is 35.1 Å². The van der Waals surface area contributed by atoms with Gasteiger partial charge in [0.25, 0.3) is 0 Å². The molecule has 0 aromatic heterocycles. The van der Waals surface area contributed by atoms with Crippen molar-refractivity contribution in [3.8, 4) is 85.8 Å². The van der Waals surface area contributed by atoms with Gasteiger partial charge in [0.1, 0.15) is 80.3 Å². The summed E-state index contributed by atoms with van der Waals surface area (Å²) in [6, 6.07) is 47.1. The summed E-state index contributed by atoms with van der Waals surface area (Å²) in [6.07, 6.45) is -1.67. The lowest BCUT2D eigenvalue weighted by Crippen LogP contribution is -2.23. The number of rotatable bonds is 41. The molecule has 1 aliphatic carbocycles. The van der Waals surface area contributed by atoms with Crippen molar-refractivity contribution >= 4 is 47.8 Å². The fourth-order valence-electron chi connectivity index (χ4n) is 11.5. The zero-order valence-electron chi connectivity index (χ0n) is 67.0. The molecule has 0 bridgehead atoms. The molecule has 32 heteroatoms. The summed E-state index contributed by atoms with van der Waals surface area (Å²) in [5, 5.41) is 8.77. The van der Waals surface area contributed by atoms with Gasteiger partial charge in [0.2, 0.25) is 27.2 Å². The molecule has 10 rings (SSSR count). The van der Waals surface area contributed by atoms with E-state index in [2.05, 4.69) is 55.4 Å². The van der Waals surface area contributed by atoms with E-state index in [0.717, 1.165) is 100 Å². The second-order valence-corrected chi connectivity index (χ2v) is 26.2. The Bertz CT molecular complexity index is 5200. The van der Waals surface area contributed by atoms with E-state index in [1.54, 1.807) is 78.9 Å². The third-order valence-corrected chi connectivity index (χ3v) is 17.7. The van der Waals surface area contributed by atoms with Crippen molar-refractivity contribution in [3.05, 3.63) is 301 Å². The SMILES string of the molecule is C.C.C.C.C.C.C=CC(=O)OCCCCCCOc1ccc(C(=O)Oc2ccc(OC(=O)c3ccc(OCCCCCCOC(=O)C=C)cc3F)c(C(F)(F)F)c2C(F)(F)F)c(F)c1.C=CC(=O)OCOc1ccc(-c2ccc(C#N)cc2)cc1.C=CC(=O)OCOc1ccc(OCOc2ccc3c(c2)C(C)c2cc(OC(=O)c4ccc(OCOC(=O)C=C)cc4)ccc2-3)cc1. The van der Waals surface area contributed by atoms with Gasteiger partial charge < -0.3 is 71.1 Å². The number of hydrogen-bond donors (Lipinski definition) is 0. The van der Waals surface area contributed by atoms with Crippen LogP contribution in [0.5, 0.6) is 57.5 Å². The van der Waals surface area contributed by atoms with Crippen molar-refractivity contribution in [3.63, 3.8) is 0 Å². The molecule has 131 heavy (non-hydrogen) atoms. The maximum Gasteiger partial charge on any atom is 0.420 e. The molecular weight excluding hydrogens is 1720 g/mol. The standard InChI is InChI=1S/C40H38F8O10.C36H30O10.C17H13NO3.6CH4/c1-3-33(49)55-21-11-7-5-9-19-53-25-13-15-27(29(41)23-25)37(51)57-31-17-18-32(36(40(46,47)48)35(31)39(43,44)45)58-38(52)28-16-14-26(24-30(28)42)54-20-10-6-8-12-22-56-34(50)4-2;1-4-34(37)44-21-41-25-8-6-24(7-9-25)36(39)46-29-15-17-31-30-16-14-28(18-32(30)23(3)33(31)19-29)43-20-40-26-10-12-27(13-11-26)42-22-45-35(38)5-2;1-2-17(19)21-12-20-16-9-7-15(8-10-16)14-5-3-13(11-18)4-6-14;;;;;;/h3-4,13-18,23-24H,1-2,5-12,19-22H2;4-19,23H,1-2,20-22H2,3H3;2-10H,1,12H2;6*1H4. The molecule has 1 atom stereocenters. The molecule has 0 fully saturated rings. The van der Waals surface area contributed by atoms with E-state index in [4.69, 9.17) is 66.8 Å². The summed E-state index contributed by atoms with van der Waals surface area (Å²) in [5.41, 5.74) is 0.235. The summed E-state index contributed by atoms with van der Waals surface area (Å²) in [4.78, 5) is 93.4. The number of ether oxygens (including phenoxy) is 15. The van der Waals surface area contributed by atoms with Gasteiger partial charge in [-0.25, -0.2) is 47.1 Å². The molecular formula is C99H105F8NO23. The number of halogens is 8. The van der Waals surface area contributed by atoms with Gasteiger partial charge in [-0.15, -0.1) is 0 Å². The minimum Gasteiger partial charge on any atom is -0.493 e. The van der Waals surface area contributed by atoms with Crippen molar-refractivity contribution in [2.45, 2.75) is 121 Å². The molecule has 24 nitrogen and oxygen atoms in total. The molecule has 9 aromatic rings. The Morgan fingerprint density at radius 3 is 1.02 bits per heavy atom. The first-order valence-corrected chi connectivity index (χ1v) is 38.0. The van der Waals surface area contributed by atoms with Crippen LogP contribution in [0.25, 0.3) is 22.3 Å². The maximum atomic E-state index is 14.9. The lowest BCUT2D eigenvalue weighted by atomic mass is 9.99. The third-order valence-electron chi connectivity index (χ3n) is 17.7. The number of carbonyl (C=O) groups is 8. The van der Waals surface area contributed by atoms with E-state index in [-0.39, 0.29) is 128 Å². The third kappa shape index (κ3) is 35.3. The average molecular weight is 1830 g/mol. The summed E-state index contributed by atoms with van der Waals surface area (Å²) >= 11 is 0. The maximum absolute atomic E-state index is 14.9. The molecule has 0 amide bonds. The minimum atomic E-state index is -5.88. The highest BCUT2D eigenvalue weighted by Crippen LogP contribution is 2.50. The molecule has 1 aliphatic rings. The van der Waals surface area contributed by atoms with Crippen LogP contribution in [0.3, 0.4) is 0 Å². The lowest BCUT2D eigenvalue weighted by molar-refractivity contribution is -0.163. The predicted molar refractivity (Wildman–Crippen MR) is 475 cm³/mol. The van der Waals surface area contributed by atoms with E-state index in [9.17, 15) is 73.5 Å². The van der Waals surface area contributed by atoms with E-state index < -0.39 is 105 Å². The molecule has 0 spiro atoms. The van der Waals surface area contributed by atoms with Crippen LogP contribution in [0.2, 0.25) is 0 Å². The average Bonchev–Trinajstić information content (AvgIpc) is 1.54. The number of carbonyl (C=O) groups excluding carboxylic acids is 8. The van der Waals surface area contributed by atoms with Gasteiger partial charge in [0.05, 0.1) is 54.8 Å². The second-order valence-electron chi connectivity index (χ2n) is 26.2. The van der Waals surface area contributed by atoms with E-state index >= 15 is 0 Å². The zero-order chi connectivity index (χ0) is 90.4. The van der Waals surface area contributed by atoms with Gasteiger partial charge >= 0.3 is 60.1 Å². The molecule has 9 aromatic carbocycles. The van der Waals surface area contributed by atoms with Gasteiger partial charge in [-0.2, -0.15) is 31.6 Å². The highest BCUT2D eigenvalue weighted by atomic mass is 19.4. The Morgan fingerprint density at radius 1 is 0.344 bits per heavy atom. The Kier molecular flexibility index (Phi) is 48.1. The van der Waals surface area contributed by atoms with Crippen LogP contribution in [0.15, 0.2) is 245 Å².